The molecule has 27 heavy (non-hydrogen) atoms. The van der Waals surface area contributed by atoms with Crippen LogP contribution in [0.15, 0.2) is 30.3 Å². The summed E-state index contributed by atoms with van der Waals surface area (Å²) in [5.74, 6) is 0.205. The predicted molar refractivity (Wildman–Crippen MR) is 110 cm³/mol. The fourth-order valence-corrected chi connectivity index (χ4v) is 4.69. The van der Waals surface area contributed by atoms with Gasteiger partial charge in [0.1, 0.15) is 6.54 Å². The zero-order chi connectivity index (χ0) is 19.4. The highest BCUT2D eigenvalue weighted by atomic mass is 32.1. The number of hydrogen-bond donors (Lipinski definition) is 1. The maximum atomic E-state index is 12.5. The average molecular weight is 386 g/mol. The van der Waals surface area contributed by atoms with E-state index in [0.29, 0.717) is 12.8 Å². The third kappa shape index (κ3) is 5.05. The number of amides is 1. The molecule has 2 aromatic rings. The van der Waals surface area contributed by atoms with Crippen LogP contribution in [0.4, 0.5) is 0 Å². The molecule has 1 aliphatic heterocycles. The second-order valence-corrected chi connectivity index (χ2v) is 8.94. The number of aryl methyl sites for hydroxylation is 3. The number of rotatable bonds is 6. The molecule has 0 unspecified atom stereocenters. The van der Waals surface area contributed by atoms with Gasteiger partial charge in [-0.05, 0) is 32.4 Å². The molecule has 0 aliphatic carbocycles. The lowest BCUT2D eigenvalue weighted by Crippen LogP contribution is -3.13. The number of thiophene rings is 1. The summed E-state index contributed by atoms with van der Waals surface area (Å²) >= 11 is 1.64. The summed E-state index contributed by atoms with van der Waals surface area (Å²) in [6, 6.07) is 10.5. The number of carbonyl (C=O) groups is 2. The Kier molecular flexibility index (Phi) is 6.45. The van der Waals surface area contributed by atoms with Gasteiger partial charge in [-0.1, -0.05) is 24.3 Å². The van der Waals surface area contributed by atoms with Gasteiger partial charge in [0.2, 0.25) is 5.91 Å². The standard InChI is InChI=1S/C22H28N2O2S/c1-16-6-4-5-7-19(16)15-23-10-12-24(13-11-23)22(26)9-8-21(25)20-14-17(2)27-18(20)3/h4-7,14H,8-13,15H2,1-3H3/p+1. The van der Waals surface area contributed by atoms with Gasteiger partial charge < -0.3 is 9.80 Å². The molecule has 0 spiro atoms. The van der Waals surface area contributed by atoms with Gasteiger partial charge in [-0.25, -0.2) is 0 Å². The minimum absolute atomic E-state index is 0.0917. The summed E-state index contributed by atoms with van der Waals surface area (Å²) in [7, 11) is 0. The summed E-state index contributed by atoms with van der Waals surface area (Å²) in [4.78, 5) is 30.6. The molecule has 5 heteroatoms. The van der Waals surface area contributed by atoms with E-state index in [9.17, 15) is 9.59 Å². The number of piperazine rings is 1. The van der Waals surface area contributed by atoms with Crippen LogP contribution in [0.5, 0.6) is 0 Å². The molecular weight excluding hydrogens is 356 g/mol. The Hall–Kier alpha value is -1.98. The van der Waals surface area contributed by atoms with Crippen LogP contribution < -0.4 is 4.90 Å². The van der Waals surface area contributed by atoms with Gasteiger partial charge in [0, 0.05) is 33.7 Å². The van der Waals surface area contributed by atoms with Crippen LogP contribution in [0.3, 0.4) is 0 Å². The van der Waals surface area contributed by atoms with Crippen molar-refractivity contribution in [1.82, 2.24) is 4.90 Å². The Morgan fingerprint density at radius 1 is 1.07 bits per heavy atom. The largest absolute Gasteiger partial charge is 0.331 e. The van der Waals surface area contributed by atoms with E-state index in [1.54, 1.807) is 11.3 Å². The van der Waals surface area contributed by atoms with Crippen LogP contribution in [0.25, 0.3) is 0 Å². The second kappa shape index (κ2) is 8.81. The second-order valence-electron chi connectivity index (χ2n) is 7.48. The Balaban J connectivity index is 1.45. The zero-order valence-corrected chi connectivity index (χ0v) is 17.3. The van der Waals surface area contributed by atoms with E-state index in [2.05, 4.69) is 31.2 Å². The molecule has 1 aromatic heterocycles. The normalized spacial score (nSPS) is 15.1. The lowest BCUT2D eigenvalue weighted by Gasteiger charge is -2.32. The van der Waals surface area contributed by atoms with Gasteiger partial charge in [0.05, 0.1) is 26.2 Å². The molecule has 4 nitrogen and oxygen atoms in total. The van der Waals surface area contributed by atoms with Gasteiger partial charge in [-0.15, -0.1) is 11.3 Å². The molecule has 0 bridgehead atoms. The highest BCUT2D eigenvalue weighted by Gasteiger charge is 2.24. The number of nitrogens with zero attached hydrogens (tertiary/aromatic N) is 1. The van der Waals surface area contributed by atoms with Crippen LogP contribution >= 0.6 is 11.3 Å². The molecule has 1 amide bonds. The number of benzene rings is 1. The Morgan fingerprint density at radius 2 is 1.78 bits per heavy atom. The first kappa shape index (κ1) is 19.8. The summed E-state index contributed by atoms with van der Waals surface area (Å²) in [5.41, 5.74) is 3.51. The Labute approximate surface area is 165 Å². The smallest absolute Gasteiger partial charge is 0.223 e. The number of quaternary nitrogens is 1. The van der Waals surface area contributed by atoms with E-state index in [4.69, 9.17) is 0 Å². The fraction of sp³-hybridized carbons (Fsp3) is 0.455. The fourth-order valence-electron chi connectivity index (χ4n) is 3.75. The first-order valence-corrected chi connectivity index (χ1v) is 10.5. The minimum Gasteiger partial charge on any atom is -0.331 e. The van der Waals surface area contributed by atoms with Crippen molar-refractivity contribution in [3.8, 4) is 0 Å². The first-order chi connectivity index (χ1) is 12.9. The number of hydrogen-bond acceptors (Lipinski definition) is 3. The van der Waals surface area contributed by atoms with Crippen molar-refractivity contribution in [2.45, 2.75) is 40.2 Å². The molecule has 0 atom stereocenters. The van der Waals surface area contributed by atoms with Crippen molar-refractivity contribution in [3.63, 3.8) is 0 Å². The van der Waals surface area contributed by atoms with Gasteiger partial charge in [-0.2, -0.15) is 0 Å². The quantitative estimate of drug-likeness (QED) is 0.777. The van der Waals surface area contributed by atoms with Crippen molar-refractivity contribution in [3.05, 3.63) is 56.8 Å². The summed E-state index contributed by atoms with van der Waals surface area (Å²) in [5, 5.41) is 0. The van der Waals surface area contributed by atoms with Gasteiger partial charge >= 0.3 is 0 Å². The monoisotopic (exact) mass is 385 g/mol. The van der Waals surface area contributed by atoms with E-state index in [1.807, 2.05) is 24.8 Å². The van der Waals surface area contributed by atoms with E-state index in [-0.39, 0.29) is 11.7 Å². The zero-order valence-electron chi connectivity index (χ0n) is 16.5. The molecule has 2 heterocycles. The third-order valence-electron chi connectivity index (χ3n) is 5.43. The van der Waals surface area contributed by atoms with Crippen LogP contribution in [-0.2, 0) is 11.3 Å². The Morgan fingerprint density at radius 3 is 2.41 bits per heavy atom. The molecule has 1 N–H and O–H groups in total. The number of carbonyl (C=O) groups excluding carboxylic acids is 2. The first-order valence-electron chi connectivity index (χ1n) is 9.70. The van der Waals surface area contributed by atoms with Crippen molar-refractivity contribution >= 4 is 23.0 Å². The van der Waals surface area contributed by atoms with Crippen molar-refractivity contribution in [2.75, 3.05) is 26.2 Å². The average Bonchev–Trinajstić information content (AvgIpc) is 3.00. The lowest BCUT2D eigenvalue weighted by molar-refractivity contribution is -0.917. The molecule has 144 valence electrons. The van der Waals surface area contributed by atoms with Crippen molar-refractivity contribution in [2.24, 2.45) is 0 Å². The molecule has 1 aliphatic rings. The molecule has 1 saturated heterocycles. The van der Waals surface area contributed by atoms with Crippen LogP contribution in [0, 0.1) is 20.8 Å². The van der Waals surface area contributed by atoms with E-state index < -0.39 is 0 Å². The summed E-state index contributed by atoms with van der Waals surface area (Å²) < 4.78 is 0. The maximum absolute atomic E-state index is 12.5. The van der Waals surface area contributed by atoms with E-state index in [0.717, 1.165) is 48.0 Å². The molecule has 1 fully saturated rings. The third-order valence-corrected chi connectivity index (χ3v) is 6.40. The van der Waals surface area contributed by atoms with E-state index >= 15 is 0 Å². The number of ketones is 1. The van der Waals surface area contributed by atoms with Crippen LogP contribution in [0.2, 0.25) is 0 Å². The molecule has 0 radical (unpaired) electrons. The van der Waals surface area contributed by atoms with Crippen LogP contribution in [0.1, 0.15) is 44.1 Å². The summed E-state index contributed by atoms with van der Waals surface area (Å²) in [6.07, 6.45) is 0.631. The topological polar surface area (TPSA) is 41.8 Å². The molecule has 1 aromatic carbocycles. The highest BCUT2D eigenvalue weighted by molar-refractivity contribution is 7.12. The molecule has 0 saturated carbocycles. The predicted octanol–water partition coefficient (Wildman–Crippen LogP) is 2.56. The number of nitrogens with one attached hydrogen (secondary N) is 1. The molecular formula is C22H29N2O2S+. The van der Waals surface area contributed by atoms with Gasteiger partial charge in [0.25, 0.3) is 0 Å². The minimum atomic E-state index is 0.0917. The number of Topliss-reactive ketones (excluding diaryl/α,β-unsaturated/α-hetero) is 1. The van der Waals surface area contributed by atoms with Crippen LogP contribution in [-0.4, -0.2) is 42.8 Å². The van der Waals surface area contributed by atoms with Gasteiger partial charge in [0.15, 0.2) is 5.78 Å². The SMILES string of the molecule is Cc1cc(C(=O)CCC(=O)N2CC[NH+](Cc3ccccc3C)CC2)c(C)s1. The molecule has 3 rings (SSSR count). The van der Waals surface area contributed by atoms with Gasteiger partial charge in [-0.3, -0.25) is 9.59 Å². The maximum Gasteiger partial charge on any atom is 0.223 e. The lowest BCUT2D eigenvalue weighted by atomic mass is 10.1. The van der Waals surface area contributed by atoms with Crippen molar-refractivity contribution in [1.29, 1.82) is 0 Å². The summed E-state index contributed by atoms with van der Waals surface area (Å²) in [6.45, 7) is 10.7. The Bertz CT molecular complexity index is 819. The highest BCUT2D eigenvalue weighted by Crippen LogP contribution is 2.22. The van der Waals surface area contributed by atoms with Crippen molar-refractivity contribution < 1.29 is 14.5 Å². The van der Waals surface area contributed by atoms with E-state index in [1.165, 1.54) is 16.0 Å².